The van der Waals surface area contributed by atoms with Crippen molar-refractivity contribution in [3.05, 3.63) is 118 Å². The Kier molecular flexibility index (Phi) is 11.9. The van der Waals surface area contributed by atoms with Crippen molar-refractivity contribution in [3.8, 4) is 11.5 Å². The summed E-state index contributed by atoms with van der Waals surface area (Å²) in [7, 11) is -5.99. The van der Waals surface area contributed by atoms with Crippen LogP contribution in [0.15, 0.2) is 71.6 Å². The summed E-state index contributed by atoms with van der Waals surface area (Å²) in [5.41, 5.74) is -0.0150. The third-order valence-corrected chi connectivity index (χ3v) is 10.7. The quantitative estimate of drug-likeness (QED) is 0.0844. The van der Waals surface area contributed by atoms with Gasteiger partial charge in [-0.3, -0.25) is 4.79 Å². The van der Waals surface area contributed by atoms with Gasteiger partial charge in [0.25, 0.3) is 0 Å². The van der Waals surface area contributed by atoms with E-state index in [1.807, 2.05) is 12.1 Å². The van der Waals surface area contributed by atoms with Gasteiger partial charge in [-0.2, -0.15) is 4.31 Å². The highest BCUT2D eigenvalue weighted by Gasteiger charge is 2.40. The number of aromatic carboxylic acids is 1. The first-order valence-electron chi connectivity index (χ1n) is 16.2. The van der Waals surface area contributed by atoms with Gasteiger partial charge < -0.3 is 19.8 Å². The molecule has 2 N–H and O–H groups in total. The number of para-hydroxylation sites is 1. The van der Waals surface area contributed by atoms with Crippen molar-refractivity contribution < 1.29 is 68.1 Å². The molecule has 4 aromatic rings. The number of carbonyl (C=O) groups is 2. The van der Waals surface area contributed by atoms with Crippen LogP contribution in [-0.4, -0.2) is 47.7 Å². The number of alkyl halides is 3. The Bertz CT molecular complexity index is 2130. The van der Waals surface area contributed by atoms with E-state index in [9.17, 15) is 63.3 Å². The first-order chi connectivity index (χ1) is 25.4. The summed E-state index contributed by atoms with van der Waals surface area (Å²) in [6.07, 6.45) is -0.210. The minimum absolute atomic E-state index is 0.100. The number of sulfonamides is 1. The highest BCUT2D eigenvalue weighted by atomic mass is 32.2. The van der Waals surface area contributed by atoms with E-state index in [4.69, 9.17) is 0 Å². The molecule has 0 atom stereocenters. The van der Waals surface area contributed by atoms with E-state index in [0.29, 0.717) is 5.56 Å². The third-order valence-electron chi connectivity index (χ3n) is 8.85. The number of phenols is 1. The molecule has 288 valence electrons. The molecule has 0 aromatic heterocycles. The molecule has 5 rings (SSSR count). The Morgan fingerprint density at radius 3 is 1.96 bits per heavy atom. The second-order valence-corrected chi connectivity index (χ2v) is 14.3. The molecule has 1 saturated carbocycles. The van der Waals surface area contributed by atoms with Crippen LogP contribution >= 0.6 is 0 Å². The first kappa shape index (κ1) is 40.0. The van der Waals surface area contributed by atoms with Gasteiger partial charge in [-0.15, -0.1) is 13.2 Å². The van der Waals surface area contributed by atoms with Crippen LogP contribution in [-0.2, 0) is 27.9 Å². The average Bonchev–Trinajstić information content (AvgIpc) is 3.12. The Labute approximate surface area is 303 Å². The highest BCUT2D eigenvalue weighted by molar-refractivity contribution is 7.89. The number of carboxylic acid groups (broad SMARTS) is 1. The number of hydrogen-bond acceptors (Lipinski definition) is 6. The smallest absolute Gasteiger partial charge is 0.507 e. The van der Waals surface area contributed by atoms with Crippen molar-refractivity contribution in [2.45, 2.75) is 62.4 Å². The molecule has 0 unspecified atom stereocenters. The summed E-state index contributed by atoms with van der Waals surface area (Å²) >= 11 is 0. The molecule has 0 spiro atoms. The summed E-state index contributed by atoms with van der Waals surface area (Å²) in [6.45, 7) is -3.23. The monoisotopic (exact) mass is 786 g/mol. The SMILES string of the molecule is O=C(O)c1ccc(N(Cc2ccc(C3CCCCC3)cc2)C(=O)CN(Cc2ccccc2OC(F)(F)F)S(=O)(=O)c2c(F)c(F)c(F)c(F)c2F)cc1O. The van der Waals surface area contributed by atoms with Crippen LogP contribution in [0.25, 0.3) is 0 Å². The zero-order valence-electron chi connectivity index (χ0n) is 27.8. The predicted octanol–water partition coefficient (Wildman–Crippen LogP) is 8.16. The number of amides is 1. The van der Waals surface area contributed by atoms with Crippen LogP contribution in [0.2, 0.25) is 0 Å². The maximum absolute atomic E-state index is 15.0. The fraction of sp³-hybridized carbons (Fsp3) is 0.278. The van der Waals surface area contributed by atoms with Crippen molar-refractivity contribution in [2.75, 3.05) is 11.4 Å². The van der Waals surface area contributed by atoms with Gasteiger partial charge in [0, 0.05) is 23.9 Å². The van der Waals surface area contributed by atoms with Crippen molar-refractivity contribution in [1.29, 1.82) is 0 Å². The minimum atomic E-state index is -5.99. The van der Waals surface area contributed by atoms with E-state index in [1.54, 1.807) is 12.1 Å². The highest BCUT2D eigenvalue weighted by Crippen LogP contribution is 2.35. The molecule has 9 nitrogen and oxygen atoms in total. The predicted molar refractivity (Wildman–Crippen MR) is 175 cm³/mol. The second kappa shape index (κ2) is 16.0. The lowest BCUT2D eigenvalue weighted by molar-refractivity contribution is -0.275. The number of carboxylic acids is 1. The van der Waals surface area contributed by atoms with E-state index in [-0.39, 0.29) is 15.9 Å². The molecule has 0 radical (unpaired) electrons. The first-order valence-corrected chi connectivity index (χ1v) is 17.6. The van der Waals surface area contributed by atoms with Crippen LogP contribution in [0, 0.1) is 29.1 Å². The fourth-order valence-electron chi connectivity index (χ4n) is 6.16. The molecular formula is C36H30F8N2O7S. The number of hydrogen-bond donors (Lipinski definition) is 2. The second-order valence-electron chi connectivity index (χ2n) is 12.4. The Hall–Kier alpha value is -5.23. The van der Waals surface area contributed by atoms with Gasteiger partial charge in [0.15, 0.2) is 28.2 Å². The van der Waals surface area contributed by atoms with Crippen molar-refractivity contribution >= 4 is 27.6 Å². The van der Waals surface area contributed by atoms with Crippen molar-refractivity contribution in [3.63, 3.8) is 0 Å². The van der Waals surface area contributed by atoms with Gasteiger partial charge in [0.05, 0.1) is 13.1 Å². The summed E-state index contributed by atoms with van der Waals surface area (Å²) in [4.78, 5) is 24.2. The van der Waals surface area contributed by atoms with E-state index in [0.717, 1.165) is 85.0 Å². The Balaban J connectivity index is 1.60. The molecule has 4 aromatic carbocycles. The number of anilines is 1. The summed E-state index contributed by atoms with van der Waals surface area (Å²) < 4.78 is 144. The molecular weight excluding hydrogens is 756 g/mol. The van der Waals surface area contributed by atoms with Crippen LogP contribution in [0.1, 0.15) is 65.1 Å². The normalized spacial score (nSPS) is 13.9. The zero-order chi connectivity index (χ0) is 39.5. The molecule has 54 heavy (non-hydrogen) atoms. The number of benzene rings is 4. The van der Waals surface area contributed by atoms with E-state index in [2.05, 4.69) is 4.74 Å². The third kappa shape index (κ3) is 8.76. The summed E-state index contributed by atoms with van der Waals surface area (Å²) in [5.74, 6) is -18.0. The maximum Gasteiger partial charge on any atom is 0.573 e. The van der Waals surface area contributed by atoms with E-state index < -0.39 is 105 Å². The van der Waals surface area contributed by atoms with Gasteiger partial charge >= 0.3 is 12.3 Å². The fourth-order valence-corrected chi connectivity index (χ4v) is 7.64. The van der Waals surface area contributed by atoms with Gasteiger partial charge in [-0.1, -0.05) is 61.7 Å². The van der Waals surface area contributed by atoms with Gasteiger partial charge in [0.1, 0.15) is 17.1 Å². The number of nitrogens with zero attached hydrogens (tertiary/aromatic N) is 2. The summed E-state index contributed by atoms with van der Waals surface area (Å²) in [6, 6.07) is 13.6. The van der Waals surface area contributed by atoms with E-state index >= 15 is 0 Å². The average molecular weight is 787 g/mol. The number of carbonyl (C=O) groups excluding carboxylic acids is 1. The zero-order valence-corrected chi connectivity index (χ0v) is 28.7. The van der Waals surface area contributed by atoms with Gasteiger partial charge in [0.2, 0.25) is 21.7 Å². The van der Waals surface area contributed by atoms with Gasteiger partial charge in [-0.05, 0) is 48.1 Å². The molecule has 1 amide bonds. The molecule has 1 aliphatic carbocycles. The lowest BCUT2D eigenvalue weighted by atomic mass is 9.84. The summed E-state index contributed by atoms with van der Waals surface area (Å²) in [5, 5.41) is 19.8. The minimum Gasteiger partial charge on any atom is -0.507 e. The standard InChI is InChI=1S/C36H30F8N2O7S/c37-29-30(38)32(40)34(33(41)31(29)39)54(51,52)45(18-23-8-4-5-9-27(23)53-36(42,43)44)19-28(48)46(24-14-15-25(35(49)50)26(47)16-24)17-20-10-12-22(13-11-20)21-6-2-1-3-7-21/h4-5,8-16,21,47H,1-3,6-7,17-19H2,(H,49,50). The number of rotatable bonds is 12. The van der Waals surface area contributed by atoms with Crippen molar-refractivity contribution in [2.24, 2.45) is 0 Å². The largest absolute Gasteiger partial charge is 0.573 e. The van der Waals surface area contributed by atoms with Crippen LogP contribution in [0.3, 0.4) is 0 Å². The van der Waals surface area contributed by atoms with Crippen molar-refractivity contribution in [1.82, 2.24) is 4.31 Å². The molecule has 18 heteroatoms. The molecule has 0 saturated heterocycles. The number of ether oxygens (including phenoxy) is 1. The van der Waals surface area contributed by atoms with Crippen LogP contribution in [0.4, 0.5) is 40.8 Å². The van der Waals surface area contributed by atoms with Crippen LogP contribution < -0.4 is 9.64 Å². The Morgan fingerprint density at radius 2 is 1.39 bits per heavy atom. The topological polar surface area (TPSA) is 124 Å². The molecule has 0 heterocycles. The number of halogens is 8. The van der Waals surface area contributed by atoms with Gasteiger partial charge in [-0.25, -0.2) is 35.2 Å². The lowest BCUT2D eigenvalue weighted by Gasteiger charge is -2.29. The van der Waals surface area contributed by atoms with E-state index in [1.165, 1.54) is 0 Å². The molecule has 1 fully saturated rings. The number of aromatic hydroxyl groups is 1. The lowest BCUT2D eigenvalue weighted by Crippen LogP contribution is -2.43. The molecule has 0 aliphatic heterocycles. The Morgan fingerprint density at radius 1 is 0.796 bits per heavy atom. The maximum atomic E-state index is 15.0. The molecule has 1 aliphatic rings. The molecule has 0 bridgehead atoms. The van der Waals surface area contributed by atoms with Crippen LogP contribution in [0.5, 0.6) is 11.5 Å².